The molecule has 1 aromatic heterocycles. The number of carbonyl (C=O) groups excluding carboxylic acids is 1. The first-order chi connectivity index (χ1) is 13.1. The molecule has 0 atom stereocenters. The van der Waals surface area contributed by atoms with Gasteiger partial charge >= 0.3 is 0 Å². The lowest BCUT2D eigenvalue weighted by Gasteiger charge is -2.45. The molecular weight excluding hydrogens is 338 g/mol. The monoisotopic (exact) mass is 367 g/mol. The third-order valence-electron chi connectivity index (χ3n) is 6.10. The summed E-state index contributed by atoms with van der Waals surface area (Å²) in [7, 11) is 2.04. The number of nitrogens with one attached hydrogen (secondary N) is 1. The molecule has 0 unspecified atom stereocenters. The first kappa shape index (κ1) is 18.0. The van der Waals surface area contributed by atoms with Crippen LogP contribution in [-0.4, -0.2) is 50.4 Å². The zero-order chi connectivity index (χ0) is 18.9. The van der Waals surface area contributed by atoms with E-state index >= 15 is 0 Å². The largest absolute Gasteiger partial charge is 0.379 e. The second kappa shape index (κ2) is 7.35. The number of benzene rings is 1. The molecule has 1 aromatic carbocycles. The summed E-state index contributed by atoms with van der Waals surface area (Å²) >= 11 is 0. The van der Waals surface area contributed by atoms with Crippen molar-refractivity contribution in [2.45, 2.75) is 44.8 Å². The van der Waals surface area contributed by atoms with Gasteiger partial charge in [0.15, 0.2) is 0 Å². The number of carbonyl (C=O) groups is 1. The zero-order valence-corrected chi connectivity index (χ0v) is 16.3. The summed E-state index contributed by atoms with van der Waals surface area (Å²) in [6.45, 7) is 6.33. The van der Waals surface area contributed by atoms with Crippen LogP contribution in [0, 0.1) is 0 Å². The van der Waals surface area contributed by atoms with Crippen molar-refractivity contribution < 1.29 is 4.79 Å². The van der Waals surface area contributed by atoms with Crippen LogP contribution in [0.25, 0.3) is 0 Å². The van der Waals surface area contributed by atoms with Crippen molar-refractivity contribution in [1.29, 1.82) is 0 Å². The van der Waals surface area contributed by atoms with E-state index in [9.17, 15) is 4.79 Å². The molecule has 1 amide bonds. The van der Waals surface area contributed by atoms with Gasteiger partial charge in [-0.25, -0.2) is 4.98 Å². The van der Waals surface area contributed by atoms with Gasteiger partial charge in [-0.3, -0.25) is 9.69 Å². The van der Waals surface area contributed by atoms with Crippen molar-refractivity contribution in [3.8, 4) is 0 Å². The molecule has 4 rings (SSSR count). The molecule has 1 saturated heterocycles. The van der Waals surface area contributed by atoms with Gasteiger partial charge in [-0.1, -0.05) is 18.2 Å². The number of hydrogen-bond acceptors (Lipinski definition) is 4. The molecule has 2 aliphatic heterocycles. The Balaban J connectivity index is 1.52. The normalized spacial score (nSPS) is 20.1. The maximum absolute atomic E-state index is 12.9. The van der Waals surface area contributed by atoms with Crippen LogP contribution in [0.3, 0.4) is 0 Å². The molecule has 0 radical (unpaired) electrons. The molecule has 3 heterocycles. The Bertz CT molecular complexity index is 806. The second-order valence-corrected chi connectivity index (χ2v) is 7.88. The van der Waals surface area contributed by atoms with Gasteiger partial charge in [-0.15, -0.1) is 0 Å². The van der Waals surface area contributed by atoms with Crippen LogP contribution in [-0.2, 0) is 24.9 Å². The smallest absolute Gasteiger partial charge is 0.225 e. The van der Waals surface area contributed by atoms with Gasteiger partial charge in [-0.2, -0.15) is 0 Å². The van der Waals surface area contributed by atoms with Gasteiger partial charge < -0.3 is 14.8 Å². The standard InChI is InChI=1S/C21H29N5O/c1-3-26-15-17-6-4-5-7-18(17)23-21(14-20(26)27)8-11-25(12-9-21)16-19-22-10-13-24(19)2/h4-7,10,13,23H,3,8-9,11-12,14-16H2,1-2H3. The molecule has 0 saturated carbocycles. The predicted molar refractivity (Wildman–Crippen MR) is 106 cm³/mol. The van der Waals surface area contributed by atoms with Crippen LogP contribution in [0.1, 0.15) is 37.6 Å². The molecular formula is C21H29N5O. The average Bonchev–Trinajstić information content (AvgIpc) is 3.06. The van der Waals surface area contributed by atoms with E-state index in [1.165, 1.54) is 11.3 Å². The minimum Gasteiger partial charge on any atom is -0.379 e. The Morgan fingerprint density at radius 3 is 2.70 bits per heavy atom. The number of hydrogen-bond donors (Lipinski definition) is 1. The highest BCUT2D eigenvalue weighted by Gasteiger charge is 2.39. The first-order valence-electron chi connectivity index (χ1n) is 9.91. The van der Waals surface area contributed by atoms with Crippen molar-refractivity contribution in [3.05, 3.63) is 48.0 Å². The maximum Gasteiger partial charge on any atom is 0.225 e. The number of nitrogens with zero attached hydrogens (tertiary/aromatic N) is 4. The van der Waals surface area contributed by atoms with Crippen LogP contribution in [0.5, 0.6) is 0 Å². The van der Waals surface area contributed by atoms with Gasteiger partial charge in [0.25, 0.3) is 0 Å². The van der Waals surface area contributed by atoms with E-state index in [4.69, 9.17) is 0 Å². The number of aryl methyl sites for hydroxylation is 1. The Morgan fingerprint density at radius 1 is 1.22 bits per heavy atom. The molecule has 1 spiro atoms. The first-order valence-corrected chi connectivity index (χ1v) is 9.91. The maximum atomic E-state index is 12.9. The van der Waals surface area contributed by atoms with Crippen LogP contribution >= 0.6 is 0 Å². The summed E-state index contributed by atoms with van der Waals surface area (Å²) in [6.07, 6.45) is 6.35. The molecule has 1 N–H and O–H groups in total. The Labute approximate surface area is 161 Å². The SMILES string of the molecule is CCN1Cc2ccccc2NC2(CCN(Cc3nccn3C)CC2)CC1=O. The number of para-hydroxylation sites is 1. The van der Waals surface area contributed by atoms with Crippen molar-refractivity contribution in [1.82, 2.24) is 19.4 Å². The Hall–Kier alpha value is -2.34. The Morgan fingerprint density at radius 2 is 2.00 bits per heavy atom. The number of fused-ring (bicyclic) bond motifs is 1. The summed E-state index contributed by atoms with van der Waals surface area (Å²) in [5.41, 5.74) is 2.24. The van der Waals surface area contributed by atoms with Crippen molar-refractivity contribution in [2.75, 3.05) is 25.0 Å². The topological polar surface area (TPSA) is 53.4 Å². The van der Waals surface area contributed by atoms with Gasteiger partial charge in [0.2, 0.25) is 5.91 Å². The van der Waals surface area contributed by atoms with E-state index in [0.717, 1.165) is 44.8 Å². The summed E-state index contributed by atoms with van der Waals surface area (Å²) in [6, 6.07) is 8.42. The number of rotatable bonds is 3. The number of amides is 1. The quantitative estimate of drug-likeness (QED) is 0.906. The average molecular weight is 367 g/mol. The minimum atomic E-state index is -0.154. The van der Waals surface area contributed by atoms with E-state index in [1.54, 1.807) is 0 Å². The van der Waals surface area contributed by atoms with Gasteiger partial charge in [0, 0.05) is 63.3 Å². The summed E-state index contributed by atoms with van der Waals surface area (Å²) in [5.74, 6) is 1.35. The van der Waals surface area contributed by atoms with Crippen molar-refractivity contribution in [3.63, 3.8) is 0 Å². The third-order valence-corrected chi connectivity index (χ3v) is 6.10. The van der Waals surface area contributed by atoms with E-state index in [1.807, 2.05) is 24.3 Å². The fourth-order valence-corrected chi connectivity index (χ4v) is 4.28. The molecule has 27 heavy (non-hydrogen) atoms. The second-order valence-electron chi connectivity index (χ2n) is 7.88. The highest BCUT2D eigenvalue weighted by atomic mass is 16.2. The molecule has 0 bridgehead atoms. The van der Waals surface area contributed by atoms with Gasteiger partial charge in [0.05, 0.1) is 6.54 Å². The molecule has 144 valence electrons. The fourth-order valence-electron chi connectivity index (χ4n) is 4.28. The van der Waals surface area contributed by atoms with Crippen LogP contribution in [0.2, 0.25) is 0 Å². The van der Waals surface area contributed by atoms with Crippen molar-refractivity contribution >= 4 is 11.6 Å². The summed E-state index contributed by atoms with van der Waals surface area (Å²) in [4.78, 5) is 21.8. The highest BCUT2D eigenvalue weighted by Crippen LogP contribution is 2.35. The molecule has 6 heteroatoms. The van der Waals surface area contributed by atoms with E-state index in [0.29, 0.717) is 13.0 Å². The lowest BCUT2D eigenvalue weighted by Crippen LogP contribution is -2.53. The fraction of sp³-hybridized carbons (Fsp3) is 0.524. The molecule has 1 fully saturated rings. The Kier molecular flexibility index (Phi) is 4.91. The van der Waals surface area contributed by atoms with E-state index < -0.39 is 0 Å². The predicted octanol–water partition coefficient (Wildman–Crippen LogP) is 2.62. The number of imidazole rings is 1. The summed E-state index contributed by atoms with van der Waals surface area (Å²) < 4.78 is 2.08. The van der Waals surface area contributed by atoms with Gasteiger partial charge in [-0.05, 0) is 31.4 Å². The zero-order valence-electron chi connectivity index (χ0n) is 16.3. The number of likely N-dealkylation sites (tertiary alicyclic amines) is 1. The number of piperidine rings is 1. The molecule has 2 aliphatic rings. The summed E-state index contributed by atoms with van der Waals surface area (Å²) in [5, 5.41) is 3.79. The van der Waals surface area contributed by atoms with Crippen LogP contribution in [0.15, 0.2) is 36.7 Å². The highest BCUT2D eigenvalue weighted by molar-refractivity contribution is 5.79. The van der Waals surface area contributed by atoms with Crippen LogP contribution < -0.4 is 5.32 Å². The van der Waals surface area contributed by atoms with Gasteiger partial charge in [0.1, 0.15) is 5.82 Å². The van der Waals surface area contributed by atoms with E-state index in [-0.39, 0.29) is 11.4 Å². The van der Waals surface area contributed by atoms with Crippen molar-refractivity contribution in [2.24, 2.45) is 7.05 Å². The lowest BCUT2D eigenvalue weighted by atomic mass is 9.82. The number of aromatic nitrogens is 2. The number of anilines is 1. The molecule has 6 nitrogen and oxygen atoms in total. The lowest BCUT2D eigenvalue weighted by molar-refractivity contribution is -0.133. The molecule has 0 aliphatic carbocycles. The van der Waals surface area contributed by atoms with Crippen LogP contribution in [0.4, 0.5) is 5.69 Å². The minimum absolute atomic E-state index is 0.154. The van der Waals surface area contributed by atoms with E-state index in [2.05, 4.69) is 51.0 Å². The molecule has 2 aromatic rings. The third kappa shape index (κ3) is 3.72.